The highest BCUT2D eigenvalue weighted by Gasteiger charge is 2.16. The molecule has 1 aromatic carbocycles. The van der Waals surface area contributed by atoms with Gasteiger partial charge in [-0.1, -0.05) is 12.1 Å². The third-order valence-corrected chi connectivity index (χ3v) is 2.50. The molecular weight excluding hydrogens is 218 g/mol. The van der Waals surface area contributed by atoms with Crippen molar-refractivity contribution in [1.82, 2.24) is 5.32 Å². The van der Waals surface area contributed by atoms with E-state index < -0.39 is 0 Å². The van der Waals surface area contributed by atoms with Gasteiger partial charge in [0, 0.05) is 6.42 Å². The van der Waals surface area contributed by atoms with Crippen LogP contribution in [0.5, 0.6) is 5.75 Å². The summed E-state index contributed by atoms with van der Waals surface area (Å²) in [5, 5.41) is 2.90. The lowest BCUT2D eigenvalue weighted by atomic mass is 10.2. The Morgan fingerprint density at radius 3 is 2.82 bits per heavy atom. The van der Waals surface area contributed by atoms with E-state index in [0.717, 1.165) is 11.3 Å². The molecule has 0 aromatic heterocycles. The van der Waals surface area contributed by atoms with Crippen LogP contribution < -0.4 is 10.1 Å². The Hall–Kier alpha value is -1.55. The smallest absolute Gasteiger partial charge is 0.322 e. The van der Waals surface area contributed by atoms with Crippen molar-refractivity contribution in [3.05, 3.63) is 29.8 Å². The SMILES string of the molecule is CNC(CCOc1cccc(C)c1)C(=O)OC. The molecule has 0 aliphatic carbocycles. The average Bonchev–Trinajstić information content (AvgIpc) is 2.34. The summed E-state index contributed by atoms with van der Waals surface area (Å²) in [5.41, 5.74) is 1.15. The number of esters is 1. The summed E-state index contributed by atoms with van der Waals surface area (Å²) in [5.74, 6) is 0.560. The first-order chi connectivity index (χ1) is 8.17. The van der Waals surface area contributed by atoms with Crippen molar-refractivity contribution in [3.63, 3.8) is 0 Å². The summed E-state index contributed by atoms with van der Waals surface area (Å²) in [6.07, 6.45) is 0.580. The Bertz CT molecular complexity index is 365. The monoisotopic (exact) mass is 237 g/mol. The Labute approximate surface area is 102 Å². The maximum Gasteiger partial charge on any atom is 0.322 e. The van der Waals surface area contributed by atoms with Crippen molar-refractivity contribution in [1.29, 1.82) is 0 Å². The van der Waals surface area contributed by atoms with E-state index in [2.05, 4.69) is 10.1 Å². The summed E-state index contributed by atoms with van der Waals surface area (Å²) < 4.78 is 10.2. The van der Waals surface area contributed by atoms with Crippen molar-refractivity contribution in [2.45, 2.75) is 19.4 Å². The predicted molar refractivity (Wildman–Crippen MR) is 66.2 cm³/mol. The number of aryl methyl sites for hydroxylation is 1. The van der Waals surface area contributed by atoms with Gasteiger partial charge in [0.25, 0.3) is 0 Å². The van der Waals surface area contributed by atoms with Crippen LogP contribution in [0.3, 0.4) is 0 Å². The predicted octanol–water partition coefficient (Wildman–Crippen LogP) is 1.52. The van der Waals surface area contributed by atoms with Crippen LogP contribution in [-0.4, -0.2) is 32.8 Å². The Kier molecular flexibility index (Phi) is 5.49. The van der Waals surface area contributed by atoms with Gasteiger partial charge in [-0.3, -0.25) is 4.79 Å². The fourth-order valence-corrected chi connectivity index (χ4v) is 1.52. The van der Waals surface area contributed by atoms with E-state index in [1.165, 1.54) is 7.11 Å². The van der Waals surface area contributed by atoms with Crippen molar-refractivity contribution < 1.29 is 14.3 Å². The van der Waals surface area contributed by atoms with Crippen molar-refractivity contribution >= 4 is 5.97 Å². The van der Waals surface area contributed by atoms with E-state index in [-0.39, 0.29) is 12.0 Å². The number of ether oxygens (including phenoxy) is 2. The molecule has 0 aliphatic heterocycles. The molecule has 17 heavy (non-hydrogen) atoms. The van der Waals surface area contributed by atoms with Gasteiger partial charge in [0.15, 0.2) is 0 Å². The van der Waals surface area contributed by atoms with Gasteiger partial charge in [0.1, 0.15) is 11.8 Å². The number of methoxy groups -OCH3 is 1. The lowest BCUT2D eigenvalue weighted by molar-refractivity contribution is -0.143. The van der Waals surface area contributed by atoms with Crippen LogP contribution >= 0.6 is 0 Å². The maximum absolute atomic E-state index is 11.3. The van der Waals surface area contributed by atoms with Gasteiger partial charge in [0.05, 0.1) is 13.7 Å². The largest absolute Gasteiger partial charge is 0.494 e. The van der Waals surface area contributed by atoms with Gasteiger partial charge in [-0.2, -0.15) is 0 Å². The number of likely N-dealkylation sites (N-methyl/N-ethyl adjacent to an activating group) is 1. The van der Waals surface area contributed by atoms with Crippen LogP contribution in [0.1, 0.15) is 12.0 Å². The summed E-state index contributed by atoms with van der Waals surface area (Å²) in [7, 11) is 3.11. The molecule has 0 saturated heterocycles. The first-order valence-corrected chi connectivity index (χ1v) is 5.62. The quantitative estimate of drug-likeness (QED) is 0.762. The number of nitrogens with one attached hydrogen (secondary N) is 1. The van der Waals surface area contributed by atoms with Gasteiger partial charge >= 0.3 is 5.97 Å². The number of carbonyl (C=O) groups is 1. The van der Waals surface area contributed by atoms with E-state index in [9.17, 15) is 4.79 Å². The van der Waals surface area contributed by atoms with E-state index in [1.54, 1.807) is 7.05 Å². The third kappa shape index (κ3) is 4.44. The number of benzene rings is 1. The Balaban J connectivity index is 2.38. The highest BCUT2D eigenvalue weighted by Crippen LogP contribution is 2.12. The van der Waals surface area contributed by atoms with Gasteiger partial charge in [0.2, 0.25) is 0 Å². The van der Waals surface area contributed by atoms with Gasteiger partial charge < -0.3 is 14.8 Å². The minimum atomic E-state index is -0.315. The number of hydrogen-bond donors (Lipinski definition) is 1. The lowest BCUT2D eigenvalue weighted by Crippen LogP contribution is -2.36. The number of hydrogen-bond acceptors (Lipinski definition) is 4. The summed E-state index contributed by atoms with van der Waals surface area (Å²) in [4.78, 5) is 11.3. The zero-order valence-corrected chi connectivity index (χ0v) is 10.5. The van der Waals surface area contributed by atoms with E-state index in [0.29, 0.717) is 13.0 Å². The lowest BCUT2D eigenvalue weighted by Gasteiger charge is -2.14. The van der Waals surface area contributed by atoms with Gasteiger partial charge in [-0.15, -0.1) is 0 Å². The molecular formula is C13H19NO3. The van der Waals surface area contributed by atoms with E-state index in [1.807, 2.05) is 31.2 Å². The maximum atomic E-state index is 11.3. The van der Waals surface area contributed by atoms with Crippen LogP contribution in [0.4, 0.5) is 0 Å². The van der Waals surface area contributed by atoms with Gasteiger partial charge in [-0.25, -0.2) is 0 Å². The number of carbonyl (C=O) groups excluding carboxylic acids is 1. The molecule has 4 nitrogen and oxygen atoms in total. The molecule has 1 unspecified atom stereocenters. The standard InChI is InChI=1S/C13H19NO3/c1-10-5-4-6-11(9-10)17-8-7-12(14-2)13(15)16-3/h4-6,9,12,14H,7-8H2,1-3H3. The second-order valence-corrected chi connectivity index (χ2v) is 3.82. The molecule has 0 bridgehead atoms. The fraction of sp³-hybridized carbons (Fsp3) is 0.462. The molecule has 1 aromatic rings. The fourth-order valence-electron chi connectivity index (χ4n) is 1.52. The second-order valence-electron chi connectivity index (χ2n) is 3.82. The average molecular weight is 237 g/mol. The van der Waals surface area contributed by atoms with Crippen LogP contribution in [0, 0.1) is 6.92 Å². The molecule has 0 spiro atoms. The zero-order chi connectivity index (χ0) is 12.7. The van der Waals surface area contributed by atoms with Crippen molar-refractivity contribution in [2.75, 3.05) is 20.8 Å². The minimum absolute atomic E-state index is 0.264. The van der Waals surface area contributed by atoms with E-state index >= 15 is 0 Å². The van der Waals surface area contributed by atoms with E-state index in [4.69, 9.17) is 4.74 Å². The Morgan fingerprint density at radius 2 is 2.24 bits per heavy atom. The molecule has 0 saturated carbocycles. The molecule has 0 fully saturated rings. The first-order valence-electron chi connectivity index (χ1n) is 5.62. The van der Waals surface area contributed by atoms with Crippen LogP contribution in [0.2, 0.25) is 0 Å². The highest BCUT2D eigenvalue weighted by atomic mass is 16.5. The third-order valence-electron chi connectivity index (χ3n) is 2.50. The van der Waals surface area contributed by atoms with Crippen molar-refractivity contribution in [3.8, 4) is 5.75 Å². The normalized spacial score (nSPS) is 11.9. The molecule has 0 heterocycles. The molecule has 1 N–H and O–H groups in total. The molecule has 1 atom stereocenters. The van der Waals surface area contributed by atoms with Crippen molar-refractivity contribution in [2.24, 2.45) is 0 Å². The minimum Gasteiger partial charge on any atom is -0.494 e. The summed E-state index contributed by atoms with van der Waals surface area (Å²) >= 11 is 0. The summed E-state index contributed by atoms with van der Waals surface area (Å²) in [6, 6.07) is 7.51. The molecule has 1 rings (SSSR count). The second kappa shape index (κ2) is 6.91. The topological polar surface area (TPSA) is 47.6 Å². The Morgan fingerprint density at radius 1 is 1.47 bits per heavy atom. The molecule has 4 heteroatoms. The highest BCUT2D eigenvalue weighted by molar-refractivity contribution is 5.75. The zero-order valence-electron chi connectivity index (χ0n) is 10.5. The van der Waals surface area contributed by atoms with Crippen LogP contribution in [0.25, 0.3) is 0 Å². The van der Waals surface area contributed by atoms with Crippen LogP contribution in [0.15, 0.2) is 24.3 Å². The molecule has 0 radical (unpaired) electrons. The summed E-state index contributed by atoms with van der Waals surface area (Å²) in [6.45, 7) is 2.49. The molecule has 0 amide bonds. The molecule has 94 valence electrons. The number of rotatable bonds is 6. The van der Waals surface area contributed by atoms with Crippen LogP contribution in [-0.2, 0) is 9.53 Å². The first kappa shape index (κ1) is 13.5. The molecule has 0 aliphatic rings. The van der Waals surface area contributed by atoms with Gasteiger partial charge in [-0.05, 0) is 31.7 Å².